The van der Waals surface area contributed by atoms with Crippen LogP contribution in [-0.4, -0.2) is 308 Å². The number of carbonyl (C=O) groups excluding carboxylic acids is 9. The number of ether oxygens (including phenoxy) is 6. The number of hydrogen-bond acceptors (Lipinski definition) is 23. The van der Waals surface area contributed by atoms with Gasteiger partial charge in [0.2, 0.25) is 0 Å². The Morgan fingerprint density at radius 3 is 1.36 bits per heavy atom. The molecule has 13 heterocycles. The van der Waals surface area contributed by atoms with Crippen molar-refractivity contribution in [1.29, 1.82) is 0 Å². The summed E-state index contributed by atoms with van der Waals surface area (Å²) in [5.41, 5.74) is 12.3. The molecule has 4 saturated heterocycles. The largest absolute Gasteiger partial charge is 0.462 e. The number of aromatic nitrogens is 5. The number of carbonyl (C=O) groups is 9. The molecule has 5 aromatic heterocycles. The van der Waals surface area contributed by atoms with Crippen LogP contribution in [0.5, 0.6) is 0 Å². The van der Waals surface area contributed by atoms with Gasteiger partial charge in [0, 0.05) is 137 Å². The van der Waals surface area contributed by atoms with Crippen LogP contribution in [-0.2, 0) is 79.6 Å². The molecule has 8 aliphatic rings. The lowest BCUT2D eigenvalue weighted by molar-refractivity contribution is -0.110. The van der Waals surface area contributed by atoms with E-state index < -0.39 is 50.8 Å². The van der Waals surface area contributed by atoms with E-state index in [9.17, 15) is 56.0 Å². The van der Waals surface area contributed by atoms with E-state index in [-0.39, 0.29) is 59.9 Å². The van der Waals surface area contributed by atoms with Gasteiger partial charge in [-0.3, -0.25) is 28.3 Å². The number of nitrogens with zero attached hydrogens (tertiary/aromatic N) is 7. The molecule has 0 bridgehead atoms. The third-order valence-electron chi connectivity index (χ3n) is 25.2. The van der Waals surface area contributed by atoms with Crippen LogP contribution in [0.15, 0.2) is 24.4 Å². The summed E-state index contributed by atoms with van der Waals surface area (Å²) in [5, 5.41) is 6.27. The summed E-state index contributed by atoms with van der Waals surface area (Å²) < 4.78 is 72.5. The van der Waals surface area contributed by atoms with E-state index in [2.05, 4.69) is 55.2 Å². The zero-order chi connectivity index (χ0) is 98.1. The summed E-state index contributed by atoms with van der Waals surface area (Å²) >= 11 is 0. The van der Waals surface area contributed by atoms with Gasteiger partial charge < -0.3 is 93.4 Å². The van der Waals surface area contributed by atoms with Crippen molar-refractivity contribution in [2.45, 2.75) is 250 Å². The number of morpholine rings is 1. The topological polar surface area (TPSA) is 378 Å². The highest BCUT2D eigenvalue weighted by Crippen LogP contribution is 2.37. The maximum atomic E-state index is 13.8. The maximum absolute atomic E-state index is 13.8. The van der Waals surface area contributed by atoms with E-state index in [0.29, 0.717) is 87.6 Å². The fourth-order valence-electron chi connectivity index (χ4n) is 18.3. The van der Waals surface area contributed by atoms with E-state index in [1.807, 2.05) is 83.2 Å². The maximum Gasteiger partial charge on any atom is 0.355 e. The Morgan fingerprint density at radius 1 is 0.481 bits per heavy atom. The quantitative estimate of drug-likeness (QED) is 0.00754. The number of hydrogen-bond donors (Lipinski definition) is 7. The minimum atomic E-state index is -3.53. The van der Waals surface area contributed by atoms with Crippen molar-refractivity contribution >= 4 is 80.9 Å². The third-order valence-corrected chi connectivity index (χ3v) is 25.8. The highest BCUT2D eigenvalue weighted by atomic mass is 32.2. The van der Waals surface area contributed by atoms with Gasteiger partial charge in [-0.25, -0.2) is 28.4 Å². The number of rotatable bonds is 29. The summed E-state index contributed by atoms with van der Waals surface area (Å²) in [5.74, 6) is -2.68. The lowest BCUT2D eigenvalue weighted by atomic mass is 10.0. The predicted octanol–water partition coefficient (Wildman–Crippen LogP) is 13.9. The fraction of sp³-hybridized carbons (Fsp3) is 0.634. The molecule has 0 atom stereocenters. The molecule has 34 heteroatoms. The number of fused-ring (bicyclic) bond motifs is 4. The average Bonchev–Trinajstić information content (AvgIpc) is 1.63. The number of esters is 5. The number of aromatic amines is 5. The zero-order valence-electron chi connectivity index (χ0n) is 83.3. The van der Waals surface area contributed by atoms with Gasteiger partial charge in [0.15, 0.2) is 0 Å². The van der Waals surface area contributed by atoms with Crippen LogP contribution >= 0.6 is 0 Å². The van der Waals surface area contributed by atoms with E-state index in [1.165, 1.54) is 83.0 Å². The Bertz CT molecular complexity index is 5190. The second kappa shape index (κ2) is 50.0. The minimum Gasteiger partial charge on any atom is -0.462 e. The first-order chi connectivity index (χ1) is 64.1. The molecule has 1 aromatic carbocycles. The molecule has 8 aliphatic heterocycles. The normalized spacial score (nSPS) is 17.4. The average molecular weight is 1900 g/mol. The van der Waals surface area contributed by atoms with Gasteiger partial charge in [0.1, 0.15) is 39.7 Å². The number of halogens is 1. The van der Waals surface area contributed by atoms with Gasteiger partial charge in [-0.1, -0.05) is 19.3 Å². The monoisotopic (exact) mass is 1900 g/mol. The Hall–Kier alpha value is -9.81. The summed E-state index contributed by atoms with van der Waals surface area (Å²) in [6.45, 7) is 50.4. The predicted molar refractivity (Wildman–Crippen MR) is 519 cm³/mol. The second-order valence-corrected chi connectivity index (χ2v) is 40.9. The number of nitrogens with one attached hydrogen (secondary N) is 7. The van der Waals surface area contributed by atoms with Crippen molar-refractivity contribution in [3.8, 4) is 0 Å². The second-order valence-electron chi connectivity index (χ2n) is 39.3. The SMILES string of the molecule is CCOC(=O)c1c(CCCNCCN2CCCCC2)[nH]c(C(=O)OC(C)(C)C)c1C.CCOC(=O)c1c(CCCOS(C)(=O)=O)[nH]c(C(=O)OC(C)(C)C)c1C.Cc1c(/C=C2\C(=O)Nc3ccc(F)cc32)[nH]c2c1C(=O)N(CCN1CCCCC1)CCC2.Cc1c(C(=O)OC(C)(C)C)[nH]c2c1C(=O)N(CCN1CCCCC1)CCC2.Cc1c[nH]c2c1C(=O)N(CCN1CCOCC1)CCC2. The molecule has 4 fully saturated rings. The standard InChI is InChI=1S/C25H29FN4O2.C23H39N3O4.C21H33N3O3.C17H27NO7S.C15H23N3O2/c1-16-22(15-19-18-14-17(26)7-8-20(18)28-24(19)31)27-21-6-5-11-30(25(32)23(16)21)13-12-29-9-3-2-4-10-29;1-6-29-21(27)19-17(2)20(22(28)30-23(3,4)5)25-18(19)11-10-12-24-13-16-26-14-8-7-9-15-26;1-15-17-16(22-18(15)20(26)27-21(2,3)4)9-8-12-24(19(17)25)14-13-23-10-6-5-7-11-23;1-7-23-15(19)13-11(2)14(16(20)25-17(3,4)5)18-12(13)9-8-10-24-26(6,21)22;1-12-11-16-13-3-2-4-18(15(19)14(12)13)6-5-17-7-9-20-10-8-17/h7-8,14-15,27H,2-6,9-13H2,1H3,(H,28,31);24-25H,6-16H2,1-5H3;22H,5-14H2,1-4H3;18H,7-10H2,1-6H3;11,16H,2-10H2,1H3/b19-15-;;;;. The molecular formula is C101H151FN14O18S. The van der Waals surface area contributed by atoms with Crippen LogP contribution in [0.1, 0.15) is 317 Å². The minimum absolute atomic E-state index is 0.0268. The molecule has 7 N–H and O–H groups in total. The Balaban J connectivity index is 0.000000176. The number of piperidine rings is 3. The molecule has 0 aliphatic carbocycles. The molecule has 14 rings (SSSR count). The zero-order valence-corrected chi connectivity index (χ0v) is 84.1. The lowest BCUT2D eigenvalue weighted by Gasteiger charge is -2.29. The highest BCUT2D eigenvalue weighted by molar-refractivity contribution is 7.86. The van der Waals surface area contributed by atoms with E-state index in [1.54, 1.807) is 60.6 Å². The van der Waals surface area contributed by atoms with Crippen LogP contribution < -0.4 is 10.6 Å². The fourth-order valence-corrected chi connectivity index (χ4v) is 18.8. The van der Waals surface area contributed by atoms with Crippen LogP contribution in [0.25, 0.3) is 11.6 Å². The molecule has 0 unspecified atom stereocenters. The van der Waals surface area contributed by atoms with Gasteiger partial charge in [-0.15, -0.1) is 0 Å². The molecule has 6 aromatic rings. The molecule has 135 heavy (non-hydrogen) atoms. The van der Waals surface area contributed by atoms with Crippen molar-refractivity contribution in [3.63, 3.8) is 0 Å². The van der Waals surface area contributed by atoms with Crippen LogP contribution in [0, 0.1) is 40.4 Å². The van der Waals surface area contributed by atoms with Gasteiger partial charge in [-0.05, 0) is 311 Å². The molecular weight excluding hydrogens is 1750 g/mol. The Labute approximate surface area is 797 Å². The third kappa shape index (κ3) is 31.4. The first kappa shape index (κ1) is 107. The van der Waals surface area contributed by atoms with Crippen molar-refractivity contribution in [2.75, 3.05) is 176 Å². The molecule has 746 valence electrons. The Kier molecular flexibility index (Phi) is 39.7. The molecule has 0 spiro atoms. The highest BCUT2D eigenvalue weighted by Gasteiger charge is 2.37. The van der Waals surface area contributed by atoms with E-state index in [4.69, 9.17) is 32.6 Å². The number of anilines is 1. The van der Waals surface area contributed by atoms with Crippen molar-refractivity contribution in [1.82, 2.24) is 64.5 Å². The molecule has 4 amide bonds. The van der Waals surface area contributed by atoms with Gasteiger partial charge >= 0.3 is 29.8 Å². The van der Waals surface area contributed by atoms with Crippen LogP contribution in [0.3, 0.4) is 0 Å². The molecule has 0 saturated carbocycles. The number of amides is 4. The van der Waals surface area contributed by atoms with Crippen molar-refractivity contribution in [2.24, 2.45) is 0 Å². The van der Waals surface area contributed by atoms with Crippen LogP contribution in [0.4, 0.5) is 10.1 Å². The first-order valence-corrected chi connectivity index (χ1v) is 50.7. The van der Waals surface area contributed by atoms with Crippen LogP contribution in [0.2, 0.25) is 0 Å². The summed E-state index contributed by atoms with van der Waals surface area (Å²) in [6, 6.07) is 4.28. The summed E-state index contributed by atoms with van der Waals surface area (Å²) in [4.78, 5) is 146. The van der Waals surface area contributed by atoms with E-state index in [0.717, 1.165) is 233 Å². The van der Waals surface area contributed by atoms with Crippen molar-refractivity contribution in [3.05, 3.63) is 143 Å². The number of H-pyrrole nitrogens is 5. The molecule has 0 radical (unpaired) electrons. The first-order valence-electron chi connectivity index (χ1n) is 48.9. The van der Waals surface area contributed by atoms with E-state index >= 15 is 0 Å². The summed E-state index contributed by atoms with van der Waals surface area (Å²) in [7, 11) is -3.53. The van der Waals surface area contributed by atoms with Gasteiger partial charge in [0.25, 0.3) is 33.7 Å². The molecule has 32 nitrogen and oxygen atoms in total. The summed E-state index contributed by atoms with van der Waals surface area (Å²) in [6.07, 6.45) is 23.9. The smallest absolute Gasteiger partial charge is 0.355 e. The Morgan fingerprint density at radius 2 is 0.904 bits per heavy atom. The van der Waals surface area contributed by atoms with Crippen molar-refractivity contribution < 1.29 is 88.6 Å². The van der Waals surface area contributed by atoms with Gasteiger partial charge in [0.05, 0.1) is 72.7 Å². The van der Waals surface area contributed by atoms with Gasteiger partial charge in [-0.2, -0.15) is 8.42 Å². The lowest BCUT2D eigenvalue weighted by Crippen LogP contribution is -2.43. The number of likely N-dealkylation sites (tertiary alicyclic amines) is 3. The number of aryl methyl sites for hydroxylation is 6. The number of benzene rings is 1.